The Morgan fingerprint density at radius 1 is 1.11 bits per heavy atom. The molecule has 13 heteroatoms. The normalized spacial score (nSPS) is 29.5. The molecule has 3 aliphatic rings. The van der Waals surface area contributed by atoms with Gasteiger partial charge in [0.2, 0.25) is 5.09 Å². The van der Waals surface area contributed by atoms with E-state index >= 15 is 0 Å². The summed E-state index contributed by atoms with van der Waals surface area (Å²) in [6.07, 6.45) is -1.26. The van der Waals surface area contributed by atoms with Gasteiger partial charge in [0, 0.05) is 23.0 Å². The minimum Gasteiger partial charge on any atom is -0.438 e. The van der Waals surface area contributed by atoms with Crippen molar-refractivity contribution in [3.8, 4) is 0 Å². The number of nitrogens with one attached hydrogen (secondary N) is 2. The first-order chi connectivity index (χ1) is 17.4. The lowest BCUT2D eigenvalue weighted by Gasteiger charge is -2.57. The molecule has 0 aliphatic heterocycles. The average Bonchev–Trinajstić information content (AvgIpc) is 3.37. The summed E-state index contributed by atoms with van der Waals surface area (Å²) in [4.78, 5) is 17.3. The second-order valence-corrected chi connectivity index (χ2v) is 13.6. The van der Waals surface area contributed by atoms with Gasteiger partial charge < -0.3 is 9.73 Å². The highest BCUT2D eigenvalue weighted by Gasteiger charge is 2.54. The van der Waals surface area contributed by atoms with Crippen molar-refractivity contribution in [3.05, 3.63) is 46.1 Å². The van der Waals surface area contributed by atoms with E-state index in [4.69, 9.17) is 21.0 Å². The Bertz CT molecular complexity index is 1470. The summed E-state index contributed by atoms with van der Waals surface area (Å²) >= 11 is 7.75. The molecule has 2 N–H and O–H groups in total. The van der Waals surface area contributed by atoms with Crippen LogP contribution in [0.3, 0.4) is 0 Å². The first-order valence-corrected chi connectivity index (χ1v) is 14.6. The molecule has 0 saturated heterocycles. The Hall–Kier alpha value is -2.15. The van der Waals surface area contributed by atoms with Gasteiger partial charge in [-0.15, -0.1) is 11.3 Å². The summed E-state index contributed by atoms with van der Waals surface area (Å²) in [5.74, 6) is -1.76. The molecular formula is C24H23ClF3N3O4S2. The van der Waals surface area contributed by atoms with Gasteiger partial charge in [-0.3, -0.25) is 4.79 Å². The number of halogens is 4. The van der Waals surface area contributed by atoms with Gasteiger partial charge in [0.25, 0.3) is 15.9 Å². The van der Waals surface area contributed by atoms with E-state index in [2.05, 4.69) is 10.0 Å². The number of hydrogen-bond acceptors (Lipinski definition) is 6. The highest BCUT2D eigenvalue weighted by Crippen LogP contribution is 2.62. The maximum Gasteiger partial charge on any atom is 0.391 e. The maximum absolute atomic E-state index is 12.6. The third kappa shape index (κ3) is 4.77. The highest BCUT2D eigenvalue weighted by atomic mass is 35.5. The Morgan fingerprint density at radius 3 is 2.54 bits per heavy atom. The molecule has 1 aromatic carbocycles. The van der Waals surface area contributed by atoms with Crippen LogP contribution < -0.4 is 10.0 Å². The van der Waals surface area contributed by atoms with Crippen molar-refractivity contribution in [2.45, 2.75) is 67.8 Å². The smallest absolute Gasteiger partial charge is 0.391 e. The Labute approximate surface area is 219 Å². The van der Waals surface area contributed by atoms with Gasteiger partial charge >= 0.3 is 6.18 Å². The summed E-state index contributed by atoms with van der Waals surface area (Å²) in [7, 11) is -4.16. The molecule has 1 spiro atoms. The summed E-state index contributed by atoms with van der Waals surface area (Å²) in [5.41, 5.74) is 1.11. The summed E-state index contributed by atoms with van der Waals surface area (Å²) in [6, 6.07) is 7.29. The van der Waals surface area contributed by atoms with Gasteiger partial charge in [0.1, 0.15) is 0 Å². The fraction of sp³-hybridized carbons (Fsp3) is 0.500. The van der Waals surface area contributed by atoms with E-state index in [0.29, 0.717) is 10.9 Å². The Balaban J connectivity index is 0.988. The minimum absolute atomic E-state index is 0.0276. The van der Waals surface area contributed by atoms with E-state index in [9.17, 15) is 26.4 Å². The number of amides is 1. The van der Waals surface area contributed by atoms with E-state index < -0.39 is 39.2 Å². The van der Waals surface area contributed by atoms with Crippen LogP contribution in [0.4, 0.5) is 13.2 Å². The van der Waals surface area contributed by atoms with Crippen molar-refractivity contribution in [2.24, 2.45) is 11.3 Å². The average molecular weight is 574 g/mol. The molecule has 7 nitrogen and oxygen atoms in total. The number of sulfonamides is 1. The van der Waals surface area contributed by atoms with Crippen molar-refractivity contribution in [1.82, 2.24) is 15.0 Å². The van der Waals surface area contributed by atoms with Crippen molar-refractivity contribution in [3.63, 3.8) is 0 Å². The zero-order chi connectivity index (χ0) is 26.2. The molecule has 0 bridgehead atoms. The second-order valence-electron chi connectivity index (χ2n) is 10.5. The number of carbonyl (C=O) groups excluding carboxylic acids is 1. The first kappa shape index (κ1) is 25.1. The third-order valence-corrected chi connectivity index (χ3v) is 10.6. The van der Waals surface area contributed by atoms with Crippen LogP contribution in [0, 0.1) is 11.3 Å². The van der Waals surface area contributed by atoms with Gasteiger partial charge in [-0.25, -0.2) is 18.1 Å². The number of fused-ring (bicyclic) bond motifs is 1. The number of nitrogens with zero attached hydrogens (tertiary/aromatic N) is 1. The molecule has 3 saturated carbocycles. The zero-order valence-electron chi connectivity index (χ0n) is 19.3. The molecule has 1 amide bonds. The fourth-order valence-electron chi connectivity index (χ4n) is 5.78. The fourth-order valence-corrected chi connectivity index (χ4v) is 8.18. The number of benzene rings is 1. The van der Waals surface area contributed by atoms with Crippen LogP contribution in [0.5, 0.6) is 0 Å². The first-order valence-electron chi connectivity index (χ1n) is 11.9. The molecule has 0 atom stereocenters. The van der Waals surface area contributed by atoms with E-state index in [1.165, 1.54) is 6.07 Å². The van der Waals surface area contributed by atoms with Gasteiger partial charge in [0.05, 0.1) is 21.1 Å². The molecule has 198 valence electrons. The molecule has 2 heterocycles. The number of alkyl halides is 3. The molecular weight excluding hydrogens is 551 g/mol. The Morgan fingerprint density at radius 2 is 1.84 bits per heavy atom. The summed E-state index contributed by atoms with van der Waals surface area (Å²) in [5, 5.41) is 4.18. The molecule has 37 heavy (non-hydrogen) atoms. The van der Waals surface area contributed by atoms with Crippen LogP contribution in [0.2, 0.25) is 5.02 Å². The zero-order valence-corrected chi connectivity index (χ0v) is 21.7. The van der Waals surface area contributed by atoms with E-state index in [1.807, 2.05) is 18.2 Å². The highest BCUT2D eigenvalue weighted by molar-refractivity contribution is 7.89. The monoisotopic (exact) mass is 573 g/mol. The topological polar surface area (TPSA) is 101 Å². The van der Waals surface area contributed by atoms with Gasteiger partial charge in [-0.1, -0.05) is 11.6 Å². The largest absolute Gasteiger partial charge is 0.438 e. The standard InChI is InChI=1S/C24H23ClF3N3O4S2/c25-14-1-3-19-17(7-14)30-22(36-19)12-8-23(9-12)10-16(11-23)29-21(32)18-2-4-20(35-18)37(33,34)31-15-5-13(6-15)24(26,27)28/h1-4,7,12-13,15-16,31H,5-6,8-11H2,(H,29,32). The predicted molar refractivity (Wildman–Crippen MR) is 131 cm³/mol. The van der Waals surface area contributed by atoms with Crippen LogP contribution >= 0.6 is 22.9 Å². The van der Waals surface area contributed by atoms with E-state index in [-0.39, 0.29) is 30.1 Å². The van der Waals surface area contributed by atoms with Gasteiger partial charge in [-0.05, 0) is 74.3 Å². The number of hydrogen-bond donors (Lipinski definition) is 2. The maximum atomic E-state index is 12.6. The molecule has 0 unspecified atom stereocenters. The predicted octanol–water partition coefficient (Wildman–Crippen LogP) is 5.62. The van der Waals surface area contributed by atoms with Crippen molar-refractivity contribution >= 4 is 49.1 Å². The number of furan rings is 1. The number of aromatic nitrogens is 1. The summed E-state index contributed by atoms with van der Waals surface area (Å²) in [6.45, 7) is 0. The second kappa shape index (κ2) is 8.69. The quantitative estimate of drug-likeness (QED) is 0.399. The molecule has 3 aliphatic carbocycles. The van der Waals surface area contributed by atoms with Crippen LogP contribution in [-0.4, -0.2) is 37.6 Å². The van der Waals surface area contributed by atoms with E-state index in [0.717, 1.165) is 47.0 Å². The van der Waals surface area contributed by atoms with Crippen LogP contribution in [-0.2, 0) is 10.0 Å². The van der Waals surface area contributed by atoms with Crippen LogP contribution in [0.25, 0.3) is 10.2 Å². The number of thiazole rings is 1. The van der Waals surface area contributed by atoms with Gasteiger partial charge in [0.15, 0.2) is 5.76 Å². The van der Waals surface area contributed by atoms with Crippen LogP contribution in [0.15, 0.2) is 39.8 Å². The SMILES string of the molecule is O=C(NC1CC2(C1)CC(c1nc3cc(Cl)ccc3s1)C2)c1ccc(S(=O)(=O)NC2CC(C(F)(F)F)C2)o1. The number of carbonyl (C=O) groups is 1. The molecule has 3 fully saturated rings. The van der Waals surface area contributed by atoms with Crippen LogP contribution in [0.1, 0.15) is 60.0 Å². The Kier molecular flexibility index (Phi) is 5.90. The molecule has 2 aromatic heterocycles. The minimum atomic E-state index is -4.33. The van der Waals surface area contributed by atoms with E-state index in [1.54, 1.807) is 11.3 Å². The van der Waals surface area contributed by atoms with Crippen molar-refractivity contribution < 1.29 is 30.8 Å². The molecule has 0 radical (unpaired) electrons. The van der Waals surface area contributed by atoms with Gasteiger partial charge in [-0.2, -0.15) is 13.2 Å². The molecule has 6 rings (SSSR count). The number of rotatable bonds is 6. The van der Waals surface area contributed by atoms with Crippen molar-refractivity contribution in [2.75, 3.05) is 0 Å². The third-order valence-electron chi connectivity index (χ3n) is 7.76. The lowest BCUT2D eigenvalue weighted by molar-refractivity contribution is -0.197. The lowest BCUT2D eigenvalue weighted by atomic mass is 9.50. The lowest BCUT2D eigenvalue weighted by Crippen LogP contribution is -2.55. The van der Waals surface area contributed by atoms with Crippen molar-refractivity contribution in [1.29, 1.82) is 0 Å². The molecule has 3 aromatic rings. The summed E-state index contributed by atoms with van der Waals surface area (Å²) < 4.78 is 71.4.